The van der Waals surface area contributed by atoms with Crippen molar-refractivity contribution in [1.82, 2.24) is 4.31 Å². The fourth-order valence-corrected chi connectivity index (χ4v) is 4.28. The highest BCUT2D eigenvalue weighted by Gasteiger charge is 2.33. The smallest absolute Gasteiger partial charge is 0.337 e. The van der Waals surface area contributed by atoms with Gasteiger partial charge in [-0.1, -0.05) is 11.6 Å². The Bertz CT molecular complexity index is 646. The van der Waals surface area contributed by atoms with Gasteiger partial charge in [0, 0.05) is 19.7 Å². The second-order valence-corrected chi connectivity index (χ2v) is 7.15. The topological polar surface area (TPSA) is 83.9 Å². The Labute approximate surface area is 128 Å². The average molecular weight is 334 g/mol. The summed E-state index contributed by atoms with van der Waals surface area (Å²) in [5, 5.41) is 9.17. The van der Waals surface area contributed by atoms with E-state index in [-0.39, 0.29) is 34.6 Å². The molecule has 1 saturated heterocycles. The normalized spacial score (nSPS) is 19.7. The van der Waals surface area contributed by atoms with E-state index >= 15 is 0 Å². The highest BCUT2D eigenvalue weighted by Crippen LogP contribution is 2.29. The second kappa shape index (κ2) is 6.31. The maximum absolute atomic E-state index is 12.6. The van der Waals surface area contributed by atoms with Crippen LogP contribution in [0.3, 0.4) is 0 Å². The predicted molar refractivity (Wildman–Crippen MR) is 76.7 cm³/mol. The zero-order valence-electron chi connectivity index (χ0n) is 11.5. The zero-order chi connectivity index (χ0) is 15.6. The van der Waals surface area contributed by atoms with Crippen molar-refractivity contribution in [2.75, 3.05) is 26.8 Å². The fourth-order valence-electron chi connectivity index (χ4n) is 2.25. The molecule has 1 unspecified atom stereocenters. The molecule has 0 spiro atoms. The molecular formula is C13H16ClNO5S. The summed E-state index contributed by atoms with van der Waals surface area (Å²) in [7, 11) is -2.57. The van der Waals surface area contributed by atoms with Gasteiger partial charge < -0.3 is 9.84 Å². The quantitative estimate of drug-likeness (QED) is 0.835. The molecule has 1 aliphatic heterocycles. The number of carbonyl (C=O) groups is 1. The predicted octanol–water partition coefficient (Wildman–Crippen LogP) is 1.13. The summed E-state index contributed by atoms with van der Waals surface area (Å²) in [6, 6.07) is 3.99. The molecule has 2 rings (SSSR count). The Kier molecular flexibility index (Phi) is 4.88. The molecular weight excluding hydrogens is 318 g/mol. The monoisotopic (exact) mass is 333 g/mol. The van der Waals surface area contributed by atoms with Crippen molar-refractivity contribution in [3.05, 3.63) is 28.8 Å². The summed E-state index contributed by atoms with van der Waals surface area (Å²) in [6.07, 6.45) is 0.601. The van der Waals surface area contributed by atoms with Crippen LogP contribution in [0.5, 0.6) is 0 Å². The molecule has 0 radical (unpaired) electrons. The third kappa shape index (κ3) is 3.21. The van der Waals surface area contributed by atoms with E-state index in [0.29, 0.717) is 13.0 Å². The van der Waals surface area contributed by atoms with Gasteiger partial charge in [0.2, 0.25) is 10.0 Å². The van der Waals surface area contributed by atoms with Gasteiger partial charge in [-0.3, -0.25) is 0 Å². The van der Waals surface area contributed by atoms with Crippen LogP contribution in [0.25, 0.3) is 0 Å². The summed E-state index contributed by atoms with van der Waals surface area (Å²) >= 11 is 5.97. The van der Waals surface area contributed by atoms with Crippen LogP contribution in [0, 0.1) is 5.92 Å². The number of halogens is 1. The third-order valence-corrected chi connectivity index (χ3v) is 5.82. The number of carbonyl (C=O) groups excluding carboxylic acids is 1. The van der Waals surface area contributed by atoms with Crippen molar-refractivity contribution >= 4 is 27.6 Å². The number of esters is 1. The largest absolute Gasteiger partial charge is 0.465 e. The van der Waals surface area contributed by atoms with Crippen molar-refractivity contribution in [2.45, 2.75) is 11.3 Å². The van der Waals surface area contributed by atoms with E-state index in [9.17, 15) is 13.2 Å². The number of hydrogen-bond donors (Lipinski definition) is 1. The minimum Gasteiger partial charge on any atom is -0.465 e. The fraction of sp³-hybridized carbons (Fsp3) is 0.462. The Hall–Kier alpha value is -1.15. The Morgan fingerprint density at radius 3 is 2.81 bits per heavy atom. The molecule has 1 aliphatic rings. The lowest BCUT2D eigenvalue weighted by atomic mass is 10.1. The number of nitrogens with zero attached hydrogens (tertiary/aromatic N) is 1. The highest BCUT2D eigenvalue weighted by atomic mass is 35.5. The first-order valence-electron chi connectivity index (χ1n) is 6.39. The van der Waals surface area contributed by atoms with Crippen LogP contribution in [0.1, 0.15) is 16.8 Å². The number of aliphatic hydroxyl groups excluding tert-OH is 1. The molecule has 1 atom stereocenters. The first-order valence-corrected chi connectivity index (χ1v) is 8.21. The van der Waals surface area contributed by atoms with Gasteiger partial charge in [-0.2, -0.15) is 4.31 Å². The molecule has 6 nitrogen and oxygen atoms in total. The van der Waals surface area contributed by atoms with Crippen LogP contribution in [-0.4, -0.2) is 50.6 Å². The molecule has 1 heterocycles. The number of methoxy groups -OCH3 is 1. The number of aliphatic hydroxyl groups is 1. The summed E-state index contributed by atoms with van der Waals surface area (Å²) in [4.78, 5) is 11.4. The average Bonchev–Trinajstić information content (AvgIpc) is 2.96. The van der Waals surface area contributed by atoms with E-state index in [1.54, 1.807) is 0 Å². The van der Waals surface area contributed by atoms with Gasteiger partial charge in [-0.25, -0.2) is 13.2 Å². The van der Waals surface area contributed by atoms with Gasteiger partial charge in [-0.15, -0.1) is 0 Å². The maximum Gasteiger partial charge on any atom is 0.337 e. The Morgan fingerprint density at radius 1 is 1.52 bits per heavy atom. The van der Waals surface area contributed by atoms with E-state index in [0.717, 1.165) is 0 Å². The standard InChI is InChI=1S/C13H16ClNO5S/c1-20-13(17)10-2-3-11(14)12(6-10)21(18,19)15-5-4-9(7-15)8-16/h2-3,6,9,16H,4-5,7-8H2,1H3. The molecule has 116 valence electrons. The van der Waals surface area contributed by atoms with Crippen molar-refractivity contribution in [3.8, 4) is 0 Å². The minimum atomic E-state index is -3.79. The molecule has 0 aliphatic carbocycles. The van der Waals surface area contributed by atoms with Crippen molar-refractivity contribution < 1.29 is 23.1 Å². The van der Waals surface area contributed by atoms with Gasteiger partial charge in [0.05, 0.1) is 17.7 Å². The Morgan fingerprint density at radius 2 is 2.24 bits per heavy atom. The van der Waals surface area contributed by atoms with Crippen LogP contribution in [0.15, 0.2) is 23.1 Å². The van der Waals surface area contributed by atoms with Crippen molar-refractivity contribution in [1.29, 1.82) is 0 Å². The lowest BCUT2D eigenvalue weighted by Crippen LogP contribution is -2.29. The van der Waals surface area contributed by atoms with Crippen LogP contribution >= 0.6 is 11.6 Å². The number of benzene rings is 1. The number of rotatable bonds is 4. The second-order valence-electron chi connectivity index (χ2n) is 4.84. The Balaban J connectivity index is 2.38. The first kappa shape index (κ1) is 16.2. The zero-order valence-corrected chi connectivity index (χ0v) is 13.0. The van der Waals surface area contributed by atoms with E-state index in [1.807, 2.05) is 0 Å². The highest BCUT2D eigenvalue weighted by molar-refractivity contribution is 7.89. The molecule has 0 saturated carbocycles. The van der Waals surface area contributed by atoms with E-state index in [1.165, 1.54) is 29.6 Å². The maximum atomic E-state index is 12.6. The molecule has 8 heteroatoms. The van der Waals surface area contributed by atoms with Crippen LogP contribution in [0.4, 0.5) is 0 Å². The SMILES string of the molecule is COC(=O)c1ccc(Cl)c(S(=O)(=O)N2CCC(CO)C2)c1. The molecule has 0 aromatic heterocycles. The van der Waals surface area contributed by atoms with Gasteiger partial charge in [0.25, 0.3) is 0 Å². The van der Waals surface area contributed by atoms with E-state index in [4.69, 9.17) is 16.7 Å². The molecule has 0 bridgehead atoms. The molecule has 0 amide bonds. The van der Waals surface area contributed by atoms with Crippen LogP contribution in [-0.2, 0) is 14.8 Å². The van der Waals surface area contributed by atoms with Gasteiger partial charge in [0.1, 0.15) is 4.90 Å². The number of sulfonamides is 1. The molecule has 1 aromatic rings. The van der Waals surface area contributed by atoms with Crippen molar-refractivity contribution in [3.63, 3.8) is 0 Å². The van der Waals surface area contributed by atoms with Crippen LogP contribution in [0.2, 0.25) is 5.02 Å². The summed E-state index contributed by atoms with van der Waals surface area (Å²) in [5.41, 5.74) is 0.124. The number of hydrogen-bond acceptors (Lipinski definition) is 5. The summed E-state index contributed by atoms with van der Waals surface area (Å²) < 4.78 is 31.0. The van der Waals surface area contributed by atoms with Crippen LogP contribution < -0.4 is 0 Å². The lowest BCUT2D eigenvalue weighted by Gasteiger charge is -2.17. The van der Waals surface area contributed by atoms with Gasteiger partial charge >= 0.3 is 5.97 Å². The van der Waals surface area contributed by atoms with Gasteiger partial charge in [-0.05, 0) is 30.5 Å². The van der Waals surface area contributed by atoms with Gasteiger partial charge in [0.15, 0.2) is 0 Å². The minimum absolute atomic E-state index is 0.0510. The number of ether oxygens (including phenoxy) is 1. The summed E-state index contributed by atoms with van der Waals surface area (Å²) in [6.45, 7) is 0.520. The first-order chi connectivity index (χ1) is 9.90. The molecule has 1 N–H and O–H groups in total. The molecule has 1 aromatic carbocycles. The van der Waals surface area contributed by atoms with E-state index in [2.05, 4.69) is 4.74 Å². The lowest BCUT2D eigenvalue weighted by molar-refractivity contribution is 0.0600. The van der Waals surface area contributed by atoms with E-state index < -0.39 is 16.0 Å². The summed E-state index contributed by atoms with van der Waals surface area (Å²) in [5.74, 6) is -0.694. The molecule has 21 heavy (non-hydrogen) atoms. The third-order valence-electron chi connectivity index (χ3n) is 3.48. The van der Waals surface area contributed by atoms with Crippen molar-refractivity contribution in [2.24, 2.45) is 5.92 Å². The molecule has 1 fully saturated rings.